The molecule has 134 valence electrons. The summed E-state index contributed by atoms with van der Waals surface area (Å²) in [6.45, 7) is 0.315. The molecule has 0 spiro atoms. The topological polar surface area (TPSA) is 83.6 Å². The van der Waals surface area contributed by atoms with E-state index in [9.17, 15) is 16.8 Å². The highest BCUT2D eigenvalue weighted by atomic mass is 35.5. The summed E-state index contributed by atoms with van der Waals surface area (Å²) in [5.41, 5.74) is 0.479. The van der Waals surface area contributed by atoms with E-state index in [2.05, 4.69) is 4.72 Å². The Morgan fingerprint density at radius 2 is 1.72 bits per heavy atom. The summed E-state index contributed by atoms with van der Waals surface area (Å²) in [6.07, 6.45) is 0.499. The van der Waals surface area contributed by atoms with Crippen molar-refractivity contribution in [1.82, 2.24) is 0 Å². The number of halogens is 2. The van der Waals surface area contributed by atoms with Crippen molar-refractivity contribution in [2.24, 2.45) is 0 Å². The molecule has 0 unspecified atom stereocenters. The van der Waals surface area contributed by atoms with Crippen molar-refractivity contribution in [3.8, 4) is 0 Å². The summed E-state index contributed by atoms with van der Waals surface area (Å²) in [7, 11) is -7.25. The van der Waals surface area contributed by atoms with Crippen molar-refractivity contribution in [2.45, 2.75) is 11.3 Å². The molecule has 25 heavy (non-hydrogen) atoms. The van der Waals surface area contributed by atoms with Crippen molar-refractivity contribution in [1.29, 1.82) is 0 Å². The van der Waals surface area contributed by atoms with Crippen LogP contribution < -0.4 is 9.03 Å². The molecule has 0 radical (unpaired) electrons. The number of hydrogen-bond acceptors (Lipinski definition) is 4. The van der Waals surface area contributed by atoms with Crippen LogP contribution in [0.5, 0.6) is 0 Å². The minimum absolute atomic E-state index is 0.0437. The molecule has 2 aromatic rings. The summed E-state index contributed by atoms with van der Waals surface area (Å²) in [4.78, 5) is 0.0437. The predicted molar refractivity (Wildman–Crippen MR) is 99.5 cm³/mol. The van der Waals surface area contributed by atoms with Gasteiger partial charge in [0.05, 0.1) is 27.0 Å². The molecule has 0 bridgehead atoms. The molecule has 0 saturated carbocycles. The Kier molecular flexibility index (Phi) is 4.89. The molecule has 1 aliphatic rings. The monoisotopic (exact) mass is 420 g/mol. The number of sulfonamides is 2. The quantitative estimate of drug-likeness (QED) is 0.821. The first-order chi connectivity index (χ1) is 11.7. The maximum absolute atomic E-state index is 12.4. The molecule has 1 fully saturated rings. The van der Waals surface area contributed by atoms with Crippen LogP contribution in [0, 0.1) is 0 Å². The third-order valence-electron chi connectivity index (χ3n) is 3.69. The van der Waals surface area contributed by atoms with Gasteiger partial charge < -0.3 is 0 Å². The largest absolute Gasteiger partial charge is 0.280 e. The van der Waals surface area contributed by atoms with Crippen LogP contribution in [0.1, 0.15) is 6.42 Å². The summed E-state index contributed by atoms with van der Waals surface area (Å²) >= 11 is 11.9. The van der Waals surface area contributed by atoms with Crippen molar-refractivity contribution >= 4 is 54.6 Å². The molecule has 6 nitrogen and oxygen atoms in total. The van der Waals surface area contributed by atoms with Crippen molar-refractivity contribution in [3.05, 3.63) is 52.5 Å². The van der Waals surface area contributed by atoms with Gasteiger partial charge in [-0.15, -0.1) is 0 Å². The fourth-order valence-electron chi connectivity index (χ4n) is 2.51. The Morgan fingerprint density at radius 3 is 2.32 bits per heavy atom. The van der Waals surface area contributed by atoms with Gasteiger partial charge in [-0.25, -0.2) is 16.8 Å². The van der Waals surface area contributed by atoms with Gasteiger partial charge in [0.15, 0.2) is 0 Å². The van der Waals surface area contributed by atoms with E-state index in [4.69, 9.17) is 23.2 Å². The Labute approximate surface area is 156 Å². The number of benzene rings is 2. The third-order valence-corrected chi connectivity index (χ3v) is 7.51. The first kappa shape index (κ1) is 18.3. The molecule has 0 amide bonds. The fraction of sp³-hybridized carbons (Fsp3) is 0.200. The minimum atomic E-state index is -3.83. The lowest BCUT2D eigenvalue weighted by atomic mass is 10.3. The van der Waals surface area contributed by atoms with Gasteiger partial charge in [-0.2, -0.15) is 0 Å². The summed E-state index contributed by atoms with van der Waals surface area (Å²) in [5.74, 6) is 0.0457. The normalized spacial score (nSPS) is 16.8. The third kappa shape index (κ3) is 3.87. The molecule has 0 aliphatic carbocycles. The van der Waals surface area contributed by atoms with Crippen LogP contribution >= 0.6 is 23.2 Å². The molecule has 3 rings (SSSR count). The molecule has 2 aromatic carbocycles. The van der Waals surface area contributed by atoms with Crippen LogP contribution in [-0.2, 0) is 20.0 Å². The zero-order valence-corrected chi connectivity index (χ0v) is 16.0. The van der Waals surface area contributed by atoms with Crippen molar-refractivity contribution < 1.29 is 16.8 Å². The van der Waals surface area contributed by atoms with Crippen molar-refractivity contribution in [2.75, 3.05) is 21.3 Å². The molecule has 10 heteroatoms. The Morgan fingerprint density at radius 1 is 1.04 bits per heavy atom. The van der Waals surface area contributed by atoms with E-state index in [1.54, 1.807) is 0 Å². The summed E-state index contributed by atoms with van der Waals surface area (Å²) in [6, 6.07) is 10.1. The molecular weight excluding hydrogens is 407 g/mol. The highest BCUT2D eigenvalue weighted by molar-refractivity contribution is 7.93. The van der Waals surface area contributed by atoms with E-state index in [1.165, 1.54) is 46.8 Å². The molecule has 1 saturated heterocycles. The van der Waals surface area contributed by atoms with Crippen LogP contribution in [0.4, 0.5) is 11.4 Å². The zero-order chi connectivity index (χ0) is 18.2. The van der Waals surface area contributed by atoms with Gasteiger partial charge in [-0.05, 0) is 48.9 Å². The van der Waals surface area contributed by atoms with Crippen LogP contribution in [0.3, 0.4) is 0 Å². The summed E-state index contributed by atoms with van der Waals surface area (Å²) in [5, 5.41) is 0.659. The average Bonchev–Trinajstić information content (AvgIpc) is 2.88. The SMILES string of the molecule is O=S(=O)(Nc1ccc(Cl)c(N2CCCS2(=O)=O)c1)c1ccc(Cl)cc1. The lowest BCUT2D eigenvalue weighted by Crippen LogP contribution is -2.25. The summed E-state index contributed by atoms with van der Waals surface area (Å²) < 4.78 is 52.7. The Bertz CT molecular complexity index is 1010. The van der Waals surface area contributed by atoms with E-state index >= 15 is 0 Å². The molecular formula is C15H14Cl2N2O4S2. The van der Waals surface area contributed by atoms with Crippen LogP contribution in [0.15, 0.2) is 47.4 Å². The number of nitrogens with one attached hydrogen (secondary N) is 1. The van der Waals surface area contributed by atoms with E-state index in [-0.39, 0.29) is 27.0 Å². The molecule has 1 N–H and O–H groups in total. The highest BCUT2D eigenvalue weighted by Crippen LogP contribution is 2.34. The van der Waals surface area contributed by atoms with Crippen LogP contribution in [0.25, 0.3) is 0 Å². The smallest absolute Gasteiger partial charge is 0.261 e. The van der Waals surface area contributed by atoms with E-state index in [1.807, 2.05) is 0 Å². The number of nitrogens with zero attached hydrogens (tertiary/aromatic N) is 1. The van der Waals surface area contributed by atoms with Gasteiger partial charge in [-0.3, -0.25) is 9.03 Å². The van der Waals surface area contributed by atoms with E-state index in [0.717, 1.165) is 0 Å². The van der Waals surface area contributed by atoms with Gasteiger partial charge in [-0.1, -0.05) is 23.2 Å². The van der Waals surface area contributed by atoms with Crippen molar-refractivity contribution in [3.63, 3.8) is 0 Å². The average molecular weight is 421 g/mol. The minimum Gasteiger partial charge on any atom is -0.280 e. The lowest BCUT2D eigenvalue weighted by molar-refractivity contribution is 0.598. The van der Waals surface area contributed by atoms with E-state index in [0.29, 0.717) is 18.0 Å². The van der Waals surface area contributed by atoms with Gasteiger partial charge in [0.25, 0.3) is 10.0 Å². The predicted octanol–water partition coefficient (Wildman–Crippen LogP) is 3.33. The number of rotatable bonds is 4. The first-order valence-corrected chi connectivity index (χ1v) is 11.1. The van der Waals surface area contributed by atoms with Gasteiger partial charge in [0, 0.05) is 11.6 Å². The highest BCUT2D eigenvalue weighted by Gasteiger charge is 2.30. The maximum Gasteiger partial charge on any atom is 0.261 e. The maximum atomic E-state index is 12.4. The number of hydrogen-bond donors (Lipinski definition) is 1. The van der Waals surface area contributed by atoms with E-state index < -0.39 is 20.0 Å². The van der Waals surface area contributed by atoms with Gasteiger partial charge >= 0.3 is 0 Å². The zero-order valence-electron chi connectivity index (χ0n) is 12.8. The molecule has 1 heterocycles. The standard InChI is InChI=1S/C15H14Cl2N2O4S2/c16-11-2-5-13(6-3-11)25(22,23)18-12-4-7-14(17)15(10-12)19-8-1-9-24(19,20)21/h2-7,10,18H,1,8-9H2. The van der Waals surface area contributed by atoms with Gasteiger partial charge in [0.2, 0.25) is 10.0 Å². The Hall–Kier alpha value is -1.48. The van der Waals surface area contributed by atoms with Crippen LogP contribution in [0.2, 0.25) is 10.0 Å². The fourth-order valence-corrected chi connectivity index (χ4v) is 5.52. The molecule has 0 aromatic heterocycles. The molecule has 1 aliphatic heterocycles. The first-order valence-electron chi connectivity index (χ1n) is 7.27. The lowest BCUT2D eigenvalue weighted by Gasteiger charge is -2.19. The number of anilines is 2. The Balaban J connectivity index is 1.94. The van der Waals surface area contributed by atoms with Crippen LogP contribution in [-0.4, -0.2) is 29.1 Å². The second-order valence-corrected chi connectivity index (χ2v) is 10.0. The second kappa shape index (κ2) is 6.68. The van der Waals surface area contributed by atoms with Gasteiger partial charge in [0.1, 0.15) is 0 Å². The molecule has 0 atom stereocenters. The second-order valence-electron chi connectivity index (χ2n) is 5.47.